The normalized spacial score (nSPS) is 21.8. The second kappa shape index (κ2) is 8.47. The molecule has 2 aliphatic rings. The number of para-hydroxylation sites is 1. The van der Waals surface area contributed by atoms with E-state index in [4.69, 9.17) is 4.74 Å². The molecule has 2 N–H and O–H groups in total. The minimum Gasteiger partial charge on any atom is -0.484 e. The van der Waals surface area contributed by atoms with Gasteiger partial charge in [-0.3, -0.25) is 14.4 Å². The summed E-state index contributed by atoms with van der Waals surface area (Å²) >= 11 is 0. The molecule has 2 saturated heterocycles. The Labute approximate surface area is 178 Å². The lowest BCUT2D eigenvalue weighted by molar-refractivity contribution is -0.166. The van der Waals surface area contributed by atoms with E-state index in [1.807, 2.05) is 12.1 Å². The molecule has 0 spiro atoms. The number of carboxylic acid groups (broad SMARTS) is 1. The molecule has 2 fully saturated rings. The molecular formula is C22H21N3O6. The summed E-state index contributed by atoms with van der Waals surface area (Å²) in [5.74, 6) is -2.18. The van der Waals surface area contributed by atoms with Crippen LogP contribution in [0.3, 0.4) is 0 Å². The molecule has 0 radical (unpaired) electrons. The zero-order valence-corrected chi connectivity index (χ0v) is 16.5. The number of amides is 3. The summed E-state index contributed by atoms with van der Waals surface area (Å²) in [6.45, 7) is -0.238. The number of rotatable bonds is 7. The van der Waals surface area contributed by atoms with Gasteiger partial charge in [-0.05, 0) is 17.7 Å². The maximum Gasteiger partial charge on any atom is 0.347 e. The quantitative estimate of drug-likeness (QED) is 0.617. The van der Waals surface area contributed by atoms with E-state index in [0.29, 0.717) is 5.75 Å². The van der Waals surface area contributed by atoms with Gasteiger partial charge in [0, 0.05) is 6.54 Å². The van der Waals surface area contributed by atoms with Crippen molar-refractivity contribution in [2.24, 2.45) is 0 Å². The highest BCUT2D eigenvalue weighted by atomic mass is 16.5. The second-order valence-corrected chi connectivity index (χ2v) is 7.38. The highest BCUT2D eigenvalue weighted by Gasteiger charge is 2.60. The third kappa shape index (κ3) is 4.07. The van der Waals surface area contributed by atoms with E-state index in [-0.39, 0.29) is 19.6 Å². The van der Waals surface area contributed by atoms with Gasteiger partial charge in [0.05, 0.1) is 12.5 Å². The molecule has 0 aliphatic carbocycles. The summed E-state index contributed by atoms with van der Waals surface area (Å²) in [7, 11) is 0. The fourth-order valence-electron chi connectivity index (χ4n) is 3.92. The van der Waals surface area contributed by atoms with Gasteiger partial charge in [0.25, 0.3) is 5.91 Å². The lowest BCUT2D eigenvalue weighted by atomic mass is 9.96. The van der Waals surface area contributed by atoms with Crippen molar-refractivity contribution in [1.82, 2.24) is 15.1 Å². The Kier molecular flexibility index (Phi) is 5.57. The van der Waals surface area contributed by atoms with Crippen LogP contribution in [0.25, 0.3) is 0 Å². The number of carbonyl (C=O) groups excluding carboxylic acids is 3. The van der Waals surface area contributed by atoms with Gasteiger partial charge < -0.3 is 25.0 Å². The van der Waals surface area contributed by atoms with Gasteiger partial charge >= 0.3 is 5.97 Å². The minimum atomic E-state index is -1.37. The van der Waals surface area contributed by atoms with Gasteiger partial charge in [-0.1, -0.05) is 48.5 Å². The van der Waals surface area contributed by atoms with Crippen LogP contribution in [0.2, 0.25) is 0 Å². The molecule has 31 heavy (non-hydrogen) atoms. The molecule has 4 rings (SSSR count). The molecule has 2 unspecified atom stereocenters. The summed E-state index contributed by atoms with van der Waals surface area (Å²) in [4.78, 5) is 51.7. The first kappa shape index (κ1) is 20.4. The second-order valence-electron chi connectivity index (χ2n) is 7.38. The Morgan fingerprint density at radius 1 is 1.03 bits per heavy atom. The van der Waals surface area contributed by atoms with Crippen LogP contribution in [0.5, 0.6) is 5.75 Å². The topological polar surface area (TPSA) is 116 Å². The van der Waals surface area contributed by atoms with E-state index < -0.39 is 41.9 Å². The number of carbonyl (C=O) groups is 4. The van der Waals surface area contributed by atoms with E-state index in [1.165, 1.54) is 4.90 Å². The molecule has 0 aromatic heterocycles. The van der Waals surface area contributed by atoms with Crippen molar-refractivity contribution in [3.05, 3.63) is 66.2 Å². The summed E-state index contributed by atoms with van der Waals surface area (Å²) in [5.41, 5.74) is 0.750. The number of ether oxygens (including phenoxy) is 1. The highest BCUT2D eigenvalue weighted by Crippen LogP contribution is 2.33. The number of benzene rings is 2. The molecule has 3 amide bonds. The largest absolute Gasteiger partial charge is 0.484 e. The summed E-state index contributed by atoms with van der Waals surface area (Å²) in [5, 5.41) is 12.2. The standard InChI is InChI=1S/C22H21N3O6/c26-17(13-31-15-9-5-2-6-10-15)23-19-16-12-24(20(22(29)30)25(16)21(19)28)18(27)11-14-7-3-1-4-8-14/h1-10,16,19-20H,11-13H2,(H,23,26)(H,29,30)/t16?,19-,20?/m0/s1. The SMILES string of the molecule is O=C(COc1ccccc1)N[C@@H]1C(=O)N2C1CN(C(=O)Cc1ccccc1)C2C(=O)O. The smallest absolute Gasteiger partial charge is 0.347 e. The van der Waals surface area contributed by atoms with Crippen molar-refractivity contribution in [1.29, 1.82) is 0 Å². The van der Waals surface area contributed by atoms with Crippen molar-refractivity contribution in [3.8, 4) is 5.75 Å². The van der Waals surface area contributed by atoms with Crippen molar-refractivity contribution in [3.63, 3.8) is 0 Å². The molecule has 2 aromatic rings. The molecule has 2 aromatic carbocycles. The van der Waals surface area contributed by atoms with Crippen molar-refractivity contribution >= 4 is 23.7 Å². The minimum absolute atomic E-state index is 0.0291. The van der Waals surface area contributed by atoms with Crippen LogP contribution in [0.1, 0.15) is 5.56 Å². The van der Waals surface area contributed by atoms with Crippen LogP contribution in [0, 0.1) is 0 Å². The van der Waals surface area contributed by atoms with E-state index >= 15 is 0 Å². The van der Waals surface area contributed by atoms with Gasteiger partial charge in [-0.2, -0.15) is 0 Å². The number of fused-ring (bicyclic) bond motifs is 1. The lowest BCUT2D eigenvalue weighted by Crippen LogP contribution is -2.71. The average molecular weight is 423 g/mol. The molecule has 0 bridgehead atoms. The fourth-order valence-corrected chi connectivity index (χ4v) is 3.92. The first-order chi connectivity index (χ1) is 15.0. The van der Waals surface area contributed by atoms with Crippen LogP contribution in [-0.2, 0) is 25.6 Å². The van der Waals surface area contributed by atoms with Crippen LogP contribution in [-0.4, -0.2) is 70.0 Å². The van der Waals surface area contributed by atoms with Crippen LogP contribution in [0.4, 0.5) is 0 Å². The average Bonchev–Trinajstić information content (AvgIpc) is 3.14. The van der Waals surface area contributed by atoms with Crippen LogP contribution >= 0.6 is 0 Å². The Balaban J connectivity index is 1.39. The van der Waals surface area contributed by atoms with Gasteiger partial charge in [-0.25, -0.2) is 4.79 Å². The van der Waals surface area contributed by atoms with Gasteiger partial charge in [0.1, 0.15) is 11.8 Å². The van der Waals surface area contributed by atoms with Gasteiger partial charge in [-0.15, -0.1) is 0 Å². The predicted octanol–water partition coefficient (Wildman–Crippen LogP) is 0.257. The molecule has 160 valence electrons. The van der Waals surface area contributed by atoms with E-state index in [1.54, 1.807) is 48.5 Å². The fraction of sp³-hybridized carbons (Fsp3) is 0.273. The Morgan fingerprint density at radius 2 is 1.68 bits per heavy atom. The third-order valence-corrected chi connectivity index (χ3v) is 5.37. The van der Waals surface area contributed by atoms with Gasteiger partial charge in [0.15, 0.2) is 6.61 Å². The molecule has 2 heterocycles. The number of nitrogens with zero attached hydrogens (tertiary/aromatic N) is 2. The van der Waals surface area contributed by atoms with Crippen molar-refractivity contribution in [2.45, 2.75) is 24.7 Å². The first-order valence-electron chi connectivity index (χ1n) is 9.81. The predicted molar refractivity (Wildman–Crippen MR) is 108 cm³/mol. The number of β-lactam (4-membered cyclic amide) rings is 1. The van der Waals surface area contributed by atoms with E-state index in [0.717, 1.165) is 10.5 Å². The number of nitrogens with one attached hydrogen (secondary N) is 1. The zero-order chi connectivity index (χ0) is 22.0. The maximum atomic E-state index is 12.8. The maximum absolute atomic E-state index is 12.8. The lowest BCUT2D eigenvalue weighted by Gasteiger charge is -2.43. The van der Waals surface area contributed by atoms with Gasteiger partial charge in [0.2, 0.25) is 18.0 Å². The zero-order valence-electron chi connectivity index (χ0n) is 16.5. The number of aliphatic carboxylic acids is 1. The number of hydrogen-bond donors (Lipinski definition) is 2. The number of hydrogen-bond acceptors (Lipinski definition) is 5. The third-order valence-electron chi connectivity index (χ3n) is 5.37. The van der Waals surface area contributed by atoms with Crippen molar-refractivity contribution in [2.75, 3.05) is 13.2 Å². The van der Waals surface area contributed by atoms with Crippen LogP contribution < -0.4 is 10.1 Å². The number of carboxylic acids is 1. The molecular weight excluding hydrogens is 402 g/mol. The molecule has 0 saturated carbocycles. The monoisotopic (exact) mass is 423 g/mol. The van der Waals surface area contributed by atoms with E-state index in [9.17, 15) is 24.3 Å². The molecule has 2 aliphatic heterocycles. The summed E-state index contributed by atoms with van der Waals surface area (Å²) in [6, 6.07) is 16.3. The molecule has 9 nitrogen and oxygen atoms in total. The summed E-state index contributed by atoms with van der Waals surface area (Å²) in [6.07, 6.45) is -1.34. The summed E-state index contributed by atoms with van der Waals surface area (Å²) < 4.78 is 5.37. The molecule has 9 heteroatoms. The van der Waals surface area contributed by atoms with Crippen molar-refractivity contribution < 1.29 is 29.0 Å². The first-order valence-corrected chi connectivity index (χ1v) is 9.81. The van der Waals surface area contributed by atoms with Crippen LogP contribution in [0.15, 0.2) is 60.7 Å². The highest BCUT2D eigenvalue weighted by molar-refractivity contribution is 5.99. The Bertz CT molecular complexity index is 997. The molecule has 3 atom stereocenters. The Hall–Kier alpha value is -3.88. The Morgan fingerprint density at radius 3 is 2.32 bits per heavy atom. The van der Waals surface area contributed by atoms with E-state index in [2.05, 4.69) is 5.32 Å².